The van der Waals surface area contributed by atoms with Gasteiger partial charge in [-0.05, 0) is 58.5 Å². The third-order valence-corrected chi connectivity index (χ3v) is 4.90. The molecule has 0 saturated heterocycles. The van der Waals surface area contributed by atoms with Crippen molar-refractivity contribution in [3.63, 3.8) is 0 Å². The number of carbonyl (C=O) groups excluding carboxylic acids is 1. The molecule has 0 atom stereocenters. The first-order chi connectivity index (χ1) is 14.3. The Kier molecular flexibility index (Phi) is 6.59. The molecule has 1 aromatic heterocycles. The number of aromatic nitrogens is 1. The summed E-state index contributed by atoms with van der Waals surface area (Å²) in [7, 11) is 7.83. The van der Waals surface area contributed by atoms with Crippen molar-refractivity contribution in [2.75, 3.05) is 59.7 Å². The number of likely N-dealkylation sites (N-methyl/N-ethyl adjacent to an activating group) is 2. The van der Waals surface area contributed by atoms with Gasteiger partial charge in [-0.15, -0.1) is 0 Å². The van der Waals surface area contributed by atoms with E-state index in [1.165, 1.54) is 12.1 Å². The SMILES string of the molecule is CN(C)CCNC(=O)c1ccc(NCCN(C)C)c2c(=O)c3cc(O)ccc3[nH]c12. The fraction of sp³-hybridized carbons (Fsp3) is 0.364. The zero-order valence-corrected chi connectivity index (χ0v) is 17.9. The van der Waals surface area contributed by atoms with Crippen LogP contribution < -0.4 is 16.1 Å². The van der Waals surface area contributed by atoms with Gasteiger partial charge < -0.3 is 30.5 Å². The number of fused-ring (bicyclic) bond motifs is 2. The molecule has 0 aliphatic heterocycles. The third kappa shape index (κ3) is 4.72. The Morgan fingerprint density at radius 2 is 1.73 bits per heavy atom. The molecule has 8 nitrogen and oxygen atoms in total. The average Bonchev–Trinajstić information content (AvgIpc) is 2.68. The molecule has 3 rings (SSSR count). The molecule has 2 aromatic carbocycles. The number of nitrogens with one attached hydrogen (secondary N) is 3. The number of carbonyl (C=O) groups is 1. The van der Waals surface area contributed by atoms with Crippen molar-refractivity contribution in [3.8, 4) is 5.75 Å². The van der Waals surface area contributed by atoms with E-state index < -0.39 is 0 Å². The summed E-state index contributed by atoms with van der Waals surface area (Å²) in [5, 5.41) is 16.8. The van der Waals surface area contributed by atoms with Crippen LogP contribution >= 0.6 is 0 Å². The van der Waals surface area contributed by atoms with Crippen molar-refractivity contribution < 1.29 is 9.90 Å². The highest BCUT2D eigenvalue weighted by molar-refractivity contribution is 6.11. The number of benzene rings is 2. The lowest BCUT2D eigenvalue weighted by Crippen LogP contribution is -2.31. The molecule has 0 aliphatic carbocycles. The summed E-state index contributed by atoms with van der Waals surface area (Å²) >= 11 is 0. The number of phenolic OH excluding ortho intramolecular Hbond substituents is 1. The maximum Gasteiger partial charge on any atom is 0.253 e. The highest BCUT2D eigenvalue weighted by Gasteiger charge is 2.17. The van der Waals surface area contributed by atoms with Crippen LogP contribution in [-0.4, -0.2) is 80.2 Å². The molecule has 1 heterocycles. The van der Waals surface area contributed by atoms with E-state index in [1.807, 2.05) is 38.0 Å². The Bertz CT molecular complexity index is 1120. The maximum absolute atomic E-state index is 13.3. The number of pyridine rings is 1. The fourth-order valence-corrected chi connectivity index (χ4v) is 3.31. The van der Waals surface area contributed by atoms with E-state index >= 15 is 0 Å². The minimum atomic E-state index is -0.240. The predicted molar refractivity (Wildman–Crippen MR) is 122 cm³/mol. The molecular weight excluding hydrogens is 382 g/mol. The van der Waals surface area contributed by atoms with Crippen LogP contribution in [0, 0.1) is 0 Å². The summed E-state index contributed by atoms with van der Waals surface area (Å²) in [6.45, 7) is 2.66. The molecule has 160 valence electrons. The number of H-pyrrole nitrogens is 1. The van der Waals surface area contributed by atoms with Crippen molar-refractivity contribution >= 4 is 33.4 Å². The number of aromatic hydroxyl groups is 1. The largest absolute Gasteiger partial charge is 0.508 e. The van der Waals surface area contributed by atoms with E-state index in [-0.39, 0.29) is 17.1 Å². The van der Waals surface area contributed by atoms with Gasteiger partial charge in [-0.3, -0.25) is 9.59 Å². The number of hydrogen-bond donors (Lipinski definition) is 4. The first-order valence-corrected chi connectivity index (χ1v) is 9.91. The molecule has 4 N–H and O–H groups in total. The van der Waals surface area contributed by atoms with Crippen LogP contribution in [0.1, 0.15) is 10.4 Å². The Morgan fingerprint density at radius 1 is 1.03 bits per heavy atom. The first kappa shape index (κ1) is 21.6. The number of phenols is 1. The molecular formula is C22H29N5O3. The lowest BCUT2D eigenvalue weighted by atomic mass is 10.0. The Balaban J connectivity index is 2.12. The van der Waals surface area contributed by atoms with Crippen LogP contribution in [0.2, 0.25) is 0 Å². The lowest BCUT2D eigenvalue weighted by Gasteiger charge is -2.16. The molecule has 0 aliphatic rings. The Morgan fingerprint density at radius 3 is 2.43 bits per heavy atom. The molecule has 0 saturated carbocycles. The fourth-order valence-electron chi connectivity index (χ4n) is 3.31. The van der Waals surface area contributed by atoms with Gasteiger partial charge in [0, 0.05) is 37.3 Å². The molecule has 1 amide bonds. The summed E-state index contributed by atoms with van der Waals surface area (Å²) in [4.78, 5) is 33.4. The van der Waals surface area contributed by atoms with Gasteiger partial charge in [-0.2, -0.15) is 0 Å². The minimum Gasteiger partial charge on any atom is -0.508 e. The molecule has 0 radical (unpaired) electrons. The van der Waals surface area contributed by atoms with Gasteiger partial charge in [0.2, 0.25) is 0 Å². The standard InChI is InChI=1S/C22H29N5O3/c1-26(2)11-9-23-18-8-6-15(22(30)24-10-12-27(3)4)20-19(18)21(29)16-13-14(28)5-7-17(16)25-20/h5-8,13,23,28H,9-12H2,1-4H3,(H,24,30)(H,25,29). The van der Waals surface area contributed by atoms with Gasteiger partial charge >= 0.3 is 0 Å². The van der Waals surface area contributed by atoms with Gasteiger partial charge in [0.05, 0.1) is 22.0 Å². The molecule has 8 heteroatoms. The van der Waals surface area contributed by atoms with E-state index in [0.29, 0.717) is 52.7 Å². The van der Waals surface area contributed by atoms with E-state index in [1.54, 1.807) is 18.2 Å². The van der Waals surface area contributed by atoms with Crippen LogP contribution in [0.25, 0.3) is 21.8 Å². The van der Waals surface area contributed by atoms with Crippen LogP contribution in [0.5, 0.6) is 5.75 Å². The summed E-state index contributed by atoms with van der Waals surface area (Å²) in [5.41, 5.74) is 1.88. The Labute approximate surface area is 175 Å². The van der Waals surface area contributed by atoms with Gasteiger partial charge in [-0.1, -0.05) is 0 Å². The molecule has 0 unspecified atom stereocenters. The smallest absolute Gasteiger partial charge is 0.253 e. The second-order valence-electron chi connectivity index (χ2n) is 7.88. The molecule has 30 heavy (non-hydrogen) atoms. The highest BCUT2D eigenvalue weighted by atomic mass is 16.3. The lowest BCUT2D eigenvalue weighted by molar-refractivity contribution is 0.0952. The van der Waals surface area contributed by atoms with Crippen LogP contribution in [-0.2, 0) is 0 Å². The minimum absolute atomic E-state index is 0.0204. The second kappa shape index (κ2) is 9.15. The van der Waals surface area contributed by atoms with Crippen molar-refractivity contribution in [2.24, 2.45) is 0 Å². The zero-order valence-electron chi connectivity index (χ0n) is 17.9. The van der Waals surface area contributed by atoms with E-state index in [0.717, 1.165) is 6.54 Å². The van der Waals surface area contributed by atoms with Crippen molar-refractivity contribution in [2.45, 2.75) is 0 Å². The second-order valence-corrected chi connectivity index (χ2v) is 7.88. The number of nitrogens with zero attached hydrogens (tertiary/aromatic N) is 2. The predicted octanol–water partition coefficient (Wildman–Crippen LogP) is 1.65. The third-order valence-electron chi connectivity index (χ3n) is 4.90. The van der Waals surface area contributed by atoms with Gasteiger partial charge in [0.1, 0.15) is 5.75 Å². The maximum atomic E-state index is 13.3. The van der Waals surface area contributed by atoms with Crippen LogP contribution in [0.15, 0.2) is 35.1 Å². The number of hydrogen-bond acceptors (Lipinski definition) is 6. The average molecular weight is 412 g/mol. The van der Waals surface area contributed by atoms with E-state index in [9.17, 15) is 14.7 Å². The topological polar surface area (TPSA) is 101 Å². The van der Waals surface area contributed by atoms with E-state index in [4.69, 9.17) is 0 Å². The summed E-state index contributed by atoms with van der Waals surface area (Å²) in [5.74, 6) is -0.220. The van der Waals surface area contributed by atoms with Gasteiger partial charge in [0.25, 0.3) is 5.91 Å². The van der Waals surface area contributed by atoms with Gasteiger partial charge in [-0.25, -0.2) is 0 Å². The monoisotopic (exact) mass is 411 g/mol. The van der Waals surface area contributed by atoms with Crippen molar-refractivity contribution in [1.82, 2.24) is 20.1 Å². The number of anilines is 1. The van der Waals surface area contributed by atoms with Crippen molar-refractivity contribution in [1.29, 1.82) is 0 Å². The summed E-state index contributed by atoms with van der Waals surface area (Å²) in [6, 6.07) is 8.10. The summed E-state index contributed by atoms with van der Waals surface area (Å²) < 4.78 is 0. The number of aromatic amines is 1. The Hall–Kier alpha value is -3.10. The summed E-state index contributed by atoms with van der Waals surface area (Å²) in [6.07, 6.45) is 0. The molecule has 3 aromatic rings. The molecule has 0 bridgehead atoms. The zero-order chi connectivity index (χ0) is 21.8. The number of amides is 1. The highest BCUT2D eigenvalue weighted by Crippen LogP contribution is 2.26. The first-order valence-electron chi connectivity index (χ1n) is 9.91. The van der Waals surface area contributed by atoms with Crippen LogP contribution in [0.3, 0.4) is 0 Å². The van der Waals surface area contributed by atoms with Gasteiger partial charge in [0.15, 0.2) is 5.43 Å². The number of rotatable bonds is 8. The molecule has 0 spiro atoms. The van der Waals surface area contributed by atoms with Crippen molar-refractivity contribution in [3.05, 3.63) is 46.1 Å². The van der Waals surface area contributed by atoms with E-state index in [2.05, 4.69) is 15.6 Å². The normalized spacial score (nSPS) is 11.5. The molecule has 0 fully saturated rings. The quantitative estimate of drug-likeness (QED) is 0.421. The van der Waals surface area contributed by atoms with Crippen LogP contribution in [0.4, 0.5) is 5.69 Å².